The summed E-state index contributed by atoms with van der Waals surface area (Å²) in [4.78, 5) is 24.0. The topological polar surface area (TPSA) is 99.9 Å². The molecule has 1 aliphatic heterocycles. The molecule has 0 atom stereocenters. The monoisotopic (exact) mass is 556 g/mol. The van der Waals surface area contributed by atoms with Crippen molar-refractivity contribution in [1.82, 2.24) is 10.5 Å². The van der Waals surface area contributed by atoms with Crippen LogP contribution >= 0.6 is 0 Å². The van der Waals surface area contributed by atoms with E-state index in [4.69, 9.17) is 18.7 Å². The Morgan fingerprint density at radius 1 is 1.12 bits per heavy atom. The number of nitrogens with one attached hydrogen (secondary N) is 1. The van der Waals surface area contributed by atoms with E-state index in [9.17, 15) is 14.0 Å². The number of ketones is 1. The molecule has 216 valence electrons. The van der Waals surface area contributed by atoms with E-state index in [2.05, 4.69) is 17.4 Å². The predicted octanol–water partition coefficient (Wildman–Crippen LogP) is 5.83. The van der Waals surface area contributed by atoms with E-state index in [0.29, 0.717) is 40.3 Å². The van der Waals surface area contributed by atoms with Crippen LogP contribution in [-0.4, -0.2) is 68.1 Å². The number of carbonyl (C=O) groups excluding carboxylic acids is 2. The van der Waals surface area contributed by atoms with Gasteiger partial charge in [-0.05, 0) is 43.7 Å². The SMILES string of the molecule is CCCCNC(=O)OC[N+]1(CCCOc2ccc(C(C)=O)cc2OC)CCC(c2noc3cc(F)ccc23)CC1. The van der Waals surface area contributed by atoms with Gasteiger partial charge in [0, 0.05) is 48.7 Å². The van der Waals surface area contributed by atoms with Crippen LogP contribution in [0.2, 0.25) is 0 Å². The lowest BCUT2D eigenvalue weighted by Gasteiger charge is -2.42. The van der Waals surface area contributed by atoms with Gasteiger partial charge in [0.2, 0.25) is 6.73 Å². The predicted molar refractivity (Wildman–Crippen MR) is 148 cm³/mol. The van der Waals surface area contributed by atoms with Gasteiger partial charge in [0.05, 0.1) is 39.0 Å². The smallest absolute Gasteiger partial charge is 0.411 e. The first-order valence-electron chi connectivity index (χ1n) is 14.0. The van der Waals surface area contributed by atoms with Gasteiger partial charge in [-0.1, -0.05) is 18.5 Å². The summed E-state index contributed by atoms with van der Waals surface area (Å²) in [5.41, 5.74) is 1.88. The number of unbranched alkanes of at least 4 members (excludes halogenated alkanes) is 1. The van der Waals surface area contributed by atoms with E-state index < -0.39 is 6.09 Å². The first kappa shape index (κ1) is 29.3. The third kappa shape index (κ3) is 7.29. The molecule has 10 heteroatoms. The number of alkyl carbamates (subject to hydrolysis) is 1. The number of hydrogen-bond donors (Lipinski definition) is 1. The van der Waals surface area contributed by atoms with Gasteiger partial charge in [-0.3, -0.25) is 9.28 Å². The van der Waals surface area contributed by atoms with Gasteiger partial charge < -0.3 is 24.1 Å². The van der Waals surface area contributed by atoms with Crippen molar-refractivity contribution in [2.45, 2.75) is 51.9 Å². The fraction of sp³-hybridized carbons (Fsp3) is 0.500. The maximum absolute atomic E-state index is 13.6. The van der Waals surface area contributed by atoms with Gasteiger partial charge >= 0.3 is 6.09 Å². The fourth-order valence-electron chi connectivity index (χ4n) is 5.23. The Morgan fingerprint density at radius 3 is 2.65 bits per heavy atom. The van der Waals surface area contributed by atoms with Gasteiger partial charge in [-0.2, -0.15) is 0 Å². The molecule has 0 radical (unpaired) electrons. The molecule has 4 rings (SSSR count). The molecular formula is C30H39FN3O6+. The molecule has 1 aliphatic rings. The number of piperidine rings is 1. The molecule has 2 aromatic carbocycles. The first-order valence-corrected chi connectivity index (χ1v) is 14.0. The van der Waals surface area contributed by atoms with Crippen molar-refractivity contribution >= 4 is 22.8 Å². The summed E-state index contributed by atoms with van der Waals surface area (Å²) in [7, 11) is 1.55. The molecule has 2 heterocycles. The lowest BCUT2D eigenvalue weighted by atomic mass is 9.90. The molecule has 0 spiro atoms. The number of aromatic nitrogens is 1. The van der Waals surface area contributed by atoms with Crippen LogP contribution in [0.1, 0.15) is 67.9 Å². The number of benzene rings is 2. The number of rotatable bonds is 13. The Morgan fingerprint density at radius 2 is 1.93 bits per heavy atom. The molecule has 1 amide bonds. The van der Waals surface area contributed by atoms with E-state index in [1.165, 1.54) is 19.1 Å². The summed E-state index contributed by atoms with van der Waals surface area (Å²) in [5, 5.41) is 7.94. The average molecular weight is 557 g/mol. The maximum Gasteiger partial charge on any atom is 0.411 e. The summed E-state index contributed by atoms with van der Waals surface area (Å²) in [6.45, 7) is 7.23. The van der Waals surface area contributed by atoms with Crippen molar-refractivity contribution in [2.75, 3.05) is 46.6 Å². The average Bonchev–Trinajstić information content (AvgIpc) is 3.37. The molecule has 0 saturated carbocycles. The molecule has 0 unspecified atom stereocenters. The first-order chi connectivity index (χ1) is 19.3. The van der Waals surface area contributed by atoms with E-state index in [0.717, 1.165) is 62.8 Å². The Hall–Kier alpha value is -3.66. The molecule has 1 fully saturated rings. The lowest BCUT2D eigenvalue weighted by Crippen LogP contribution is -2.55. The summed E-state index contributed by atoms with van der Waals surface area (Å²) in [5.74, 6) is 0.891. The Labute approximate surface area is 234 Å². The van der Waals surface area contributed by atoms with Crippen molar-refractivity contribution in [3.63, 3.8) is 0 Å². The van der Waals surface area contributed by atoms with Crippen LogP contribution in [0.5, 0.6) is 11.5 Å². The minimum atomic E-state index is -0.399. The normalized spacial score (nSPS) is 18.9. The number of nitrogens with zero attached hydrogens (tertiary/aromatic N) is 2. The Bertz CT molecular complexity index is 1300. The number of fused-ring (bicyclic) bond motifs is 1. The molecule has 9 nitrogen and oxygen atoms in total. The summed E-state index contributed by atoms with van der Waals surface area (Å²) < 4.78 is 36.7. The Kier molecular flexibility index (Phi) is 9.98. The van der Waals surface area contributed by atoms with Crippen molar-refractivity contribution in [3.05, 3.63) is 53.5 Å². The summed E-state index contributed by atoms with van der Waals surface area (Å²) in [6.07, 6.45) is 3.90. The van der Waals surface area contributed by atoms with Crippen LogP contribution in [0.4, 0.5) is 9.18 Å². The van der Waals surface area contributed by atoms with Crippen LogP contribution in [0.15, 0.2) is 40.9 Å². The van der Waals surface area contributed by atoms with Crippen LogP contribution in [0.3, 0.4) is 0 Å². The number of ether oxygens (including phenoxy) is 3. The highest BCUT2D eigenvalue weighted by atomic mass is 19.1. The number of Topliss-reactive ketones (excluding diaryl/α,β-unsaturated/α-hetero) is 1. The molecule has 0 aliphatic carbocycles. The zero-order chi connectivity index (χ0) is 28.5. The van der Waals surface area contributed by atoms with E-state index in [-0.39, 0.29) is 24.2 Å². The summed E-state index contributed by atoms with van der Waals surface area (Å²) >= 11 is 0. The quantitative estimate of drug-likeness (QED) is 0.161. The van der Waals surface area contributed by atoms with Gasteiger partial charge in [0.25, 0.3) is 0 Å². The van der Waals surface area contributed by atoms with Gasteiger partial charge in [0.1, 0.15) is 5.82 Å². The van der Waals surface area contributed by atoms with Crippen LogP contribution < -0.4 is 14.8 Å². The third-order valence-electron chi connectivity index (χ3n) is 7.63. The van der Waals surface area contributed by atoms with Crippen LogP contribution in [0.25, 0.3) is 11.0 Å². The second-order valence-corrected chi connectivity index (χ2v) is 10.5. The summed E-state index contributed by atoms with van der Waals surface area (Å²) in [6, 6.07) is 9.69. The number of quaternary nitrogens is 1. The molecular weight excluding hydrogens is 517 g/mol. The second kappa shape index (κ2) is 13.6. The highest BCUT2D eigenvalue weighted by Gasteiger charge is 2.37. The molecule has 40 heavy (non-hydrogen) atoms. The van der Waals surface area contributed by atoms with Crippen molar-refractivity contribution < 1.29 is 37.2 Å². The zero-order valence-corrected chi connectivity index (χ0v) is 23.5. The molecule has 0 bridgehead atoms. The fourth-order valence-corrected chi connectivity index (χ4v) is 5.23. The largest absolute Gasteiger partial charge is 0.493 e. The van der Waals surface area contributed by atoms with Crippen LogP contribution in [0, 0.1) is 5.82 Å². The van der Waals surface area contributed by atoms with Crippen molar-refractivity contribution in [1.29, 1.82) is 0 Å². The number of carbonyl (C=O) groups is 2. The van der Waals surface area contributed by atoms with E-state index in [1.54, 1.807) is 31.4 Å². The molecule has 1 saturated heterocycles. The molecule has 1 aromatic heterocycles. The van der Waals surface area contributed by atoms with E-state index >= 15 is 0 Å². The van der Waals surface area contributed by atoms with Crippen molar-refractivity contribution in [3.8, 4) is 11.5 Å². The number of hydrogen-bond acceptors (Lipinski definition) is 7. The van der Waals surface area contributed by atoms with Gasteiger partial charge in [0.15, 0.2) is 22.9 Å². The third-order valence-corrected chi connectivity index (χ3v) is 7.63. The van der Waals surface area contributed by atoms with Gasteiger partial charge in [-0.25, -0.2) is 9.18 Å². The maximum atomic E-state index is 13.6. The highest BCUT2D eigenvalue weighted by Crippen LogP contribution is 2.35. The molecule has 3 aromatic rings. The Balaban J connectivity index is 1.39. The number of methoxy groups -OCH3 is 1. The number of halogens is 1. The van der Waals surface area contributed by atoms with Gasteiger partial charge in [-0.15, -0.1) is 0 Å². The minimum absolute atomic E-state index is 0.0378. The van der Waals surface area contributed by atoms with Crippen molar-refractivity contribution in [2.24, 2.45) is 0 Å². The second-order valence-electron chi connectivity index (χ2n) is 10.5. The highest BCUT2D eigenvalue weighted by molar-refractivity contribution is 5.94. The van der Waals surface area contributed by atoms with Crippen LogP contribution in [-0.2, 0) is 4.74 Å². The molecule has 1 N–H and O–H groups in total. The van der Waals surface area contributed by atoms with E-state index in [1.807, 2.05) is 0 Å². The lowest BCUT2D eigenvalue weighted by molar-refractivity contribution is -0.948. The standard InChI is InChI=1S/C30H38FN3O6/c1-4-5-13-32-30(36)39-20-34(14-6-17-38-26-10-7-23(21(2)35)18-28(26)37-3)15-11-22(12-16-34)29-25-9-8-24(31)19-27(25)40-33-29/h7-10,18-19,22H,4-6,11-17,20H2,1-3H3/p+1. The number of amides is 1. The zero-order valence-electron chi connectivity index (χ0n) is 23.5. The minimum Gasteiger partial charge on any atom is -0.493 e. The number of likely N-dealkylation sites (tertiary alicyclic amines) is 1.